The number of carbonyl (C=O) groups is 1. The maximum Gasteiger partial charge on any atom is 0.418 e. The molecular formula is C18H12F4N4O. The van der Waals surface area contributed by atoms with Crippen LogP contribution in [0.2, 0.25) is 0 Å². The Bertz CT molecular complexity index is 958. The number of nitrogens with one attached hydrogen (secondary N) is 2. The van der Waals surface area contributed by atoms with Crippen LogP contribution in [0.5, 0.6) is 0 Å². The molecule has 0 atom stereocenters. The van der Waals surface area contributed by atoms with Gasteiger partial charge in [0.25, 0.3) is 5.91 Å². The number of anilines is 3. The van der Waals surface area contributed by atoms with Gasteiger partial charge in [0.05, 0.1) is 29.3 Å². The van der Waals surface area contributed by atoms with Gasteiger partial charge < -0.3 is 10.6 Å². The molecular weight excluding hydrogens is 364 g/mol. The van der Waals surface area contributed by atoms with Gasteiger partial charge in [-0.15, -0.1) is 0 Å². The number of alkyl halides is 3. The zero-order valence-corrected chi connectivity index (χ0v) is 13.6. The van der Waals surface area contributed by atoms with E-state index in [0.29, 0.717) is 0 Å². The SMILES string of the molecule is O=C(Nc1ccccc1F)c1cnc(Nc2ccccc2C(F)(F)F)cn1. The van der Waals surface area contributed by atoms with Gasteiger partial charge in [-0.1, -0.05) is 24.3 Å². The monoisotopic (exact) mass is 376 g/mol. The lowest BCUT2D eigenvalue weighted by atomic mass is 10.1. The molecule has 0 aliphatic heterocycles. The van der Waals surface area contributed by atoms with Crippen LogP contribution in [0.3, 0.4) is 0 Å². The van der Waals surface area contributed by atoms with Gasteiger partial charge >= 0.3 is 6.18 Å². The molecule has 1 amide bonds. The largest absolute Gasteiger partial charge is 0.418 e. The van der Waals surface area contributed by atoms with Gasteiger partial charge in [0.15, 0.2) is 0 Å². The molecule has 0 aliphatic rings. The van der Waals surface area contributed by atoms with Gasteiger partial charge in [-0.25, -0.2) is 14.4 Å². The second-order valence-corrected chi connectivity index (χ2v) is 5.39. The molecule has 0 aliphatic carbocycles. The van der Waals surface area contributed by atoms with Crippen molar-refractivity contribution in [3.8, 4) is 0 Å². The number of carbonyl (C=O) groups excluding carboxylic acids is 1. The molecule has 3 aromatic rings. The second kappa shape index (κ2) is 7.40. The number of benzene rings is 2. The third-order valence-corrected chi connectivity index (χ3v) is 3.50. The number of aromatic nitrogens is 2. The van der Waals surface area contributed by atoms with E-state index in [9.17, 15) is 22.4 Å². The Hall–Kier alpha value is -3.49. The maximum absolute atomic E-state index is 13.6. The van der Waals surface area contributed by atoms with Crippen molar-refractivity contribution in [3.05, 3.63) is 78.0 Å². The highest BCUT2D eigenvalue weighted by atomic mass is 19.4. The minimum Gasteiger partial charge on any atom is -0.338 e. The molecule has 9 heteroatoms. The maximum atomic E-state index is 13.6. The van der Waals surface area contributed by atoms with E-state index in [1.807, 2.05) is 0 Å². The third-order valence-electron chi connectivity index (χ3n) is 3.50. The highest BCUT2D eigenvalue weighted by Crippen LogP contribution is 2.35. The number of para-hydroxylation sites is 2. The lowest BCUT2D eigenvalue weighted by molar-refractivity contribution is -0.136. The van der Waals surface area contributed by atoms with E-state index in [-0.39, 0.29) is 22.9 Å². The van der Waals surface area contributed by atoms with Crippen molar-refractivity contribution < 1.29 is 22.4 Å². The number of amides is 1. The van der Waals surface area contributed by atoms with E-state index >= 15 is 0 Å². The summed E-state index contributed by atoms with van der Waals surface area (Å²) in [4.78, 5) is 19.8. The Balaban J connectivity index is 1.75. The summed E-state index contributed by atoms with van der Waals surface area (Å²) in [6.07, 6.45) is -2.34. The molecule has 0 saturated carbocycles. The second-order valence-electron chi connectivity index (χ2n) is 5.39. The molecule has 0 bridgehead atoms. The molecule has 0 fully saturated rings. The summed E-state index contributed by atoms with van der Waals surface area (Å²) in [6.45, 7) is 0. The van der Waals surface area contributed by atoms with E-state index in [2.05, 4.69) is 20.6 Å². The van der Waals surface area contributed by atoms with Crippen molar-refractivity contribution >= 4 is 23.1 Å². The van der Waals surface area contributed by atoms with E-state index in [4.69, 9.17) is 0 Å². The Kier molecular flexibility index (Phi) is 5.02. The van der Waals surface area contributed by atoms with Crippen LogP contribution < -0.4 is 10.6 Å². The smallest absolute Gasteiger partial charge is 0.338 e. The average Bonchev–Trinajstić information content (AvgIpc) is 2.64. The van der Waals surface area contributed by atoms with Crippen LogP contribution in [0.1, 0.15) is 16.1 Å². The van der Waals surface area contributed by atoms with Crippen LogP contribution in [0, 0.1) is 5.82 Å². The minimum atomic E-state index is -4.53. The van der Waals surface area contributed by atoms with Gasteiger partial charge in [-0.05, 0) is 24.3 Å². The van der Waals surface area contributed by atoms with Crippen molar-refractivity contribution in [2.75, 3.05) is 10.6 Å². The zero-order chi connectivity index (χ0) is 19.4. The summed E-state index contributed by atoms with van der Waals surface area (Å²) in [5.74, 6) is -1.29. The molecule has 0 radical (unpaired) electrons. The lowest BCUT2D eigenvalue weighted by Crippen LogP contribution is -2.15. The van der Waals surface area contributed by atoms with Gasteiger partial charge in [0, 0.05) is 0 Å². The summed E-state index contributed by atoms with van der Waals surface area (Å²) < 4.78 is 52.6. The molecule has 138 valence electrons. The van der Waals surface area contributed by atoms with Gasteiger partial charge in [-0.3, -0.25) is 4.79 Å². The van der Waals surface area contributed by atoms with E-state index < -0.39 is 23.5 Å². The molecule has 5 nitrogen and oxygen atoms in total. The first-order chi connectivity index (χ1) is 12.8. The first-order valence-electron chi connectivity index (χ1n) is 7.66. The number of hydrogen-bond acceptors (Lipinski definition) is 4. The quantitative estimate of drug-likeness (QED) is 0.652. The van der Waals surface area contributed by atoms with E-state index in [1.54, 1.807) is 6.07 Å². The Morgan fingerprint density at radius 1 is 0.889 bits per heavy atom. The molecule has 0 unspecified atom stereocenters. The van der Waals surface area contributed by atoms with Crippen LogP contribution in [0.15, 0.2) is 60.9 Å². The normalized spacial score (nSPS) is 11.1. The molecule has 1 heterocycles. The van der Waals surface area contributed by atoms with Crippen LogP contribution in [0.4, 0.5) is 34.8 Å². The topological polar surface area (TPSA) is 66.9 Å². The van der Waals surface area contributed by atoms with Crippen LogP contribution in [-0.2, 0) is 6.18 Å². The fourth-order valence-electron chi connectivity index (χ4n) is 2.24. The van der Waals surface area contributed by atoms with E-state index in [0.717, 1.165) is 18.5 Å². The first-order valence-corrected chi connectivity index (χ1v) is 7.66. The lowest BCUT2D eigenvalue weighted by Gasteiger charge is -2.13. The summed E-state index contributed by atoms with van der Waals surface area (Å²) in [6, 6.07) is 10.5. The molecule has 2 aromatic carbocycles. The summed E-state index contributed by atoms with van der Waals surface area (Å²) >= 11 is 0. The Morgan fingerprint density at radius 2 is 1.56 bits per heavy atom. The summed E-state index contributed by atoms with van der Waals surface area (Å²) in [5.41, 5.74) is -1.19. The van der Waals surface area contributed by atoms with Gasteiger partial charge in [-0.2, -0.15) is 13.2 Å². The molecule has 2 N–H and O–H groups in total. The predicted octanol–water partition coefficient (Wildman–Crippen LogP) is 4.63. The highest BCUT2D eigenvalue weighted by Gasteiger charge is 2.33. The molecule has 0 spiro atoms. The summed E-state index contributed by atoms with van der Waals surface area (Å²) in [7, 11) is 0. The standard InChI is InChI=1S/C18H12F4N4O/c19-12-6-2-4-8-14(12)26-17(27)15-9-24-16(10-23-15)25-13-7-3-1-5-11(13)18(20,21)22/h1-10H,(H,24,25)(H,26,27). The van der Waals surface area contributed by atoms with Crippen LogP contribution in [-0.4, -0.2) is 15.9 Å². The number of halogens is 4. The van der Waals surface area contributed by atoms with Crippen molar-refractivity contribution in [2.45, 2.75) is 6.18 Å². The molecule has 0 saturated heterocycles. The van der Waals surface area contributed by atoms with E-state index in [1.165, 1.54) is 36.4 Å². The third kappa shape index (κ3) is 4.38. The van der Waals surface area contributed by atoms with Crippen LogP contribution >= 0.6 is 0 Å². The fourth-order valence-corrected chi connectivity index (χ4v) is 2.24. The van der Waals surface area contributed by atoms with Gasteiger partial charge in [0.2, 0.25) is 0 Å². The van der Waals surface area contributed by atoms with Crippen molar-refractivity contribution in [2.24, 2.45) is 0 Å². The number of rotatable bonds is 4. The molecule has 27 heavy (non-hydrogen) atoms. The number of hydrogen-bond donors (Lipinski definition) is 2. The molecule has 1 aromatic heterocycles. The predicted molar refractivity (Wildman–Crippen MR) is 91.1 cm³/mol. The molecule has 3 rings (SSSR count). The highest BCUT2D eigenvalue weighted by molar-refractivity contribution is 6.02. The summed E-state index contributed by atoms with van der Waals surface area (Å²) in [5, 5.41) is 4.86. The van der Waals surface area contributed by atoms with Crippen molar-refractivity contribution in [3.63, 3.8) is 0 Å². The number of nitrogens with zero attached hydrogens (tertiary/aromatic N) is 2. The van der Waals surface area contributed by atoms with Crippen molar-refractivity contribution in [1.82, 2.24) is 9.97 Å². The van der Waals surface area contributed by atoms with Gasteiger partial charge in [0.1, 0.15) is 17.3 Å². The van der Waals surface area contributed by atoms with Crippen LogP contribution in [0.25, 0.3) is 0 Å². The first kappa shape index (κ1) is 18.3. The van der Waals surface area contributed by atoms with Crippen molar-refractivity contribution in [1.29, 1.82) is 0 Å². The zero-order valence-electron chi connectivity index (χ0n) is 13.6. The Morgan fingerprint density at radius 3 is 2.19 bits per heavy atom. The Labute approximate surface area is 151 Å². The fraction of sp³-hybridized carbons (Fsp3) is 0.0556. The minimum absolute atomic E-state index is 0.0224. The average molecular weight is 376 g/mol.